The van der Waals surface area contributed by atoms with Crippen LogP contribution in [0.3, 0.4) is 0 Å². The first kappa shape index (κ1) is 12.8. The van der Waals surface area contributed by atoms with E-state index in [1.807, 2.05) is 0 Å². The van der Waals surface area contributed by atoms with Crippen LogP contribution < -0.4 is 10.6 Å². The third-order valence-electron chi connectivity index (χ3n) is 3.21. The SMILES string of the molecule is CC1CCCCC1CNC(=O)NCC(=O)O. The van der Waals surface area contributed by atoms with Crippen molar-refractivity contribution < 1.29 is 14.7 Å². The molecular weight excluding hydrogens is 208 g/mol. The van der Waals surface area contributed by atoms with E-state index in [-0.39, 0.29) is 12.6 Å². The Morgan fingerprint density at radius 2 is 1.94 bits per heavy atom. The molecule has 0 heterocycles. The van der Waals surface area contributed by atoms with Gasteiger partial charge in [0, 0.05) is 6.54 Å². The van der Waals surface area contributed by atoms with Gasteiger partial charge in [0.2, 0.25) is 0 Å². The molecule has 1 aliphatic carbocycles. The van der Waals surface area contributed by atoms with E-state index >= 15 is 0 Å². The van der Waals surface area contributed by atoms with Gasteiger partial charge in [-0.3, -0.25) is 4.79 Å². The minimum absolute atomic E-state index is 0.327. The number of carboxylic acids is 1. The number of amides is 2. The number of rotatable bonds is 4. The Hall–Kier alpha value is -1.26. The zero-order valence-electron chi connectivity index (χ0n) is 9.66. The number of urea groups is 1. The Morgan fingerprint density at radius 1 is 1.25 bits per heavy atom. The highest BCUT2D eigenvalue weighted by atomic mass is 16.4. The third-order valence-corrected chi connectivity index (χ3v) is 3.21. The minimum Gasteiger partial charge on any atom is -0.480 e. The minimum atomic E-state index is -1.03. The largest absolute Gasteiger partial charge is 0.480 e. The highest BCUT2D eigenvalue weighted by molar-refractivity contribution is 5.79. The van der Waals surface area contributed by atoms with Gasteiger partial charge >= 0.3 is 12.0 Å². The molecule has 0 aromatic heterocycles. The molecule has 1 saturated carbocycles. The molecule has 2 unspecified atom stereocenters. The van der Waals surface area contributed by atoms with Crippen molar-refractivity contribution in [2.24, 2.45) is 11.8 Å². The number of carboxylic acid groups (broad SMARTS) is 1. The summed E-state index contributed by atoms with van der Waals surface area (Å²) in [6.45, 7) is 2.53. The Morgan fingerprint density at radius 3 is 2.56 bits per heavy atom. The van der Waals surface area contributed by atoms with Gasteiger partial charge in [-0.05, 0) is 18.3 Å². The van der Waals surface area contributed by atoms with Gasteiger partial charge in [-0.15, -0.1) is 0 Å². The van der Waals surface area contributed by atoms with Crippen LogP contribution in [0.1, 0.15) is 32.6 Å². The van der Waals surface area contributed by atoms with E-state index < -0.39 is 5.97 Å². The van der Waals surface area contributed by atoms with Crippen molar-refractivity contribution in [1.29, 1.82) is 0 Å². The number of carbonyl (C=O) groups is 2. The summed E-state index contributed by atoms with van der Waals surface area (Å²) < 4.78 is 0. The van der Waals surface area contributed by atoms with Crippen molar-refractivity contribution in [3.8, 4) is 0 Å². The Bertz CT molecular complexity index is 256. The molecule has 0 spiro atoms. The molecule has 2 atom stereocenters. The van der Waals surface area contributed by atoms with Gasteiger partial charge in [-0.25, -0.2) is 4.79 Å². The molecule has 16 heavy (non-hydrogen) atoms. The predicted octanol–water partition coefficient (Wildman–Crippen LogP) is 1.20. The zero-order valence-corrected chi connectivity index (χ0v) is 9.66. The molecule has 1 rings (SSSR count). The lowest BCUT2D eigenvalue weighted by Gasteiger charge is -2.28. The van der Waals surface area contributed by atoms with Crippen LogP contribution in [0.4, 0.5) is 4.79 Å². The van der Waals surface area contributed by atoms with E-state index in [4.69, 9.17) is 5.11 Å². The quantitative estimate of drug-likeness (QED) is 0.676. The van der Waals surface area contributed by atoms with Crippen LogP contribution in [0.15, 0.2) is 0 Å². The fourth-order valence-electron chi connectivity index (χ4n) is 2.14. The van der Waals surface area contributed by atoms with Gasteiger partial charge in [0.25, 0.3) is 0 Å². The van der Waals surface area contributed by atoms with E-state index in [9.17, 15) is 9.59 Å². The smallest absolute Gasteiger partial charge is 0.323 e. The summed E-state index contributed by atoms with van der Waals surface area (Å²) in [7, 11) is 0. The number of aliphatic carboxylic acids is 1. The van der Waals surface area contributed by atoms with Crippen LogP contribution in [0.25, 0.3) is 0 Å². The van der Waals surface area contributed by atoms with E-state index in [1.165, 1.54) is 19.3 Å². The molecule has 3 N–H and O–H groups in total. The molecular formula is C11H20N2O3. The van der Waals surface area contributed by atoms with Crippen LogP contribution in [0, 0.1) is 11.8 Å². The van der Waals surface area contributed by atoms with Gasteiger partial charge in [0.1, 0.15) is 6.54 Å². The van der Waals surface area contributed by atoms with Crippen molar-refractivity contribution in [2.75, 3.05) is 13.1 Å². The average molecular weight is 228 g/mol. The number of hydrogen-bond donors (Lipinski definition) is 3. The van der Waals surface area contributed by atoms with Crippen LogP contribution in [-0.4, -0.2) is 30.2 Å². The molecule has 0 aromatic carbocycles. The van der Waals surface area contributed by atoms with E-state index in [0.29, 0.717) is 18.4 Å². The molecule has 5 nitrogen and oxygen atoms in total. The lowest BCUT2D eigenvalue weighted by molar-refractivity contribution is -0.135. The summed E-state index contributed by atoms with van der Waals surface area (Å²) in [4.78, 5) is 21.4. The molecule has 5 heteroatoms. The summed E-state index contributed by atoms with van der Waals surface area (Å²) in [5, 5.41) is 13.4. The molecule has 0 radical (unpaired) electrons. The summed E-state index contributed by atoms with van der Waals surface area (Å²) in [6.07, 6.45) is 4.89. The maximum atomic E-state index is 11.2. The van der Waals surface area contributed by atoms with Crippen molar-refractivity contribution in [3.05, 3.63) is 0 Å². The topological polar surface area (TPSA) is 78.4 Å². The first-order chi connectivity index (χ1) is 7.59. The van der Waals surface area contributed by atoms with Gasteiger partial charge in [0.15, 0.2) is 0 Å². The molecule has 0 saturated heterocycles. The lowest BCUT2D eigenvalue weighted by Crippen LogP contribution is -2.41. The Balaban J connectivity index is 2.17. The molecule has 92 valence electrons. The van der Waals surface area contributed by atoms with Gasteiger partial charge < -0.3 is 15.7 Å². The predicted molar refractivity (Wildman–Crippen MR) is 60.2 cm³/mol. The van der Waals surface area contributed by atoms with Crippen molar-refractivity contribution in [1.82, 2.24) is 10.6 Å². The van der Waals surface area contributed by atoms with Crippen LogP contribution >= 0.6 is 0 Å². The number of hydrogen-bond acceptors (Lipinski definition) is 2. The van der Waals surface area contributed by atoms with Crippen LogP contribution in [-0.2, 0) is 4.79 Å². The monoisotopic (exact) mass is 228 g/mol. The molecule has 0 aromatic rings. The number of nitrogens with one attached hydrogen (secondary N) is 2. The highest BCUT2D eigenvalue weighted by Gasteiger charge is 2.21. The fourth-order valence-corrected chi connectivity index (χ4v) is 2.14. The molecule has 1 fully saturated rings. The van der Waals surface area contributed by atoms with Crippen molar-refractivity contribution in [3.63, 3.8) is 0 Å². The third kappa shape index (κ3) is 4.51. The maximum Gasteiger partial charge on any atom is 0.323 e. The Kier molecular flexibility index (Phi) is 5.08. The molecule has 1 aliphatic rings. The van der Waals surface area contributed by atoms with Gasteiger partial charge in [0.05, 0.1) is 0 Å². The maximum absolute atomic E-state index is 11.2. The fraction of sp³-hybridized carbons (Fsp3) is 0.818. The standard InChI is InChI=1S/C11H20N2O3/c1-8-4-2-3-5-9(8)6-12-11(16)13-7-10(14)15/h8-9H,2-7H2,1H3,(H,14,15)(H2,12,13,16). The highest BCUT2D eigenvalue weighted by Crippen LogP contribution is 2.28. The second kappa shape index (κ2) is 6.35. The van der Waals surface area contributed by atoms with Gasteiger partial charge in [-0.2, -0.15) is 0 Å². The number of carbonyl (C=O) groups excluding carboxylic acids is 1. The van der Waals surface area contributed by atoms with E-state index in [1.54, 1.807) is 0 Å². The van der Waals surface area contributed by atoms with Crippen molar-refractivity contribution >= 4 is 12.0 Å². The summed E-state index contributed by atoms with van der Waals surface area (Å²) in [6, 6.07) is -0.389. The van der Waals surface area contributed by atoms with E-state index in [0.717, 1.165) is 6.42 Å². The molecule has 2 amide bonds. The normalized spacial score (nSPS) is 24.8. The summed E-state index contributed by atoms with van der Waals surface area (Å²) in [5.74, 6) is 0.152. The molecule has 0 aliphatic heterocycles. The first-order valence-electron chi connectivity index (χ1n) is 5.83. The zero-order chi connectivity index (χ0) is 12.0. The van der Waals surface area contributed by atoms with E-state index in [2.05, 4.69) is 17.6 Å². The average Bonchev–Trinajstić information content (AvgIpc) is 2.25. The summed E-state index contributed by atoms with van der Waals surface area (Å²) >= 11 is 0. The van der Waals surface area contributed by atoms with Gasteiger partial charge in [-0.1, -0.05) is 26.2 Å². The second-order valence-corrected chi connectivity index (χ2v) is 4.48. The Labute approximate surface area is 95.6 Å². The lowest BCUT2D eigenvalue weighted by atomic mass is 9.80. The molecule has 0 bridgehead atoms. The van der Waals surface area contributed by atoms with Crippen LogP contribution in [0.5, 0.6) is 0 Å². The summed E-state index contributed by atoms with van der Waals surface area (Å²) in [5.41, 5.74) is 0. The van der Waals surface area contributed by atoms with Crippen molar-refractivity contribution in [2.45, 2.75) is 32.6 Å². The van der Waals surface area contributed by atoms with Crippen LogP contribution in [0.2, 0.25) is 0 Å². The second-order valence-electron chi connectivity index (χ2n) is 4.48. The first-order valence-corrected chi connectivity index (χ1v) is 5.83.